The second-order valence-electron chi connectivity index (χ2n) is 2.44. The van der Waals surface area contributed by atoms with Crippen LogP contribution in [0.1, 0.15) is 5.56 Å². The van der Waals surface area contributed by atoms with Crippen molar-refractivity contribution in [2.75, 3.05) is 0 Å². The summed E-state index contributed by atoms with van der Waals surface area (Å²) in [6.07, 6.45) is -4.81. The second kappa shape index (κ2) is 4.31. The zero-order chi connectivity index (χ0) is 10.8. The van der Waals surface area contributed by atoms with E-state index in [1.165, 1.54) is 11.3 Å². The molecule has 0 radical (unpaired) electrons. The van der Waals surface area contributed by atoms with Gasteiger partial charge in [0, 0.05) is 6.54 Å². The molecule has 78 valence electrons. The van der Waals surface area contributed by atoms with Crippen molar-refractivity contribution in [3.05, 3.63) is 20.8 Å². The molecule has 0 fully saturated rings. The van der Waals surface area contributed by atoms with Crippen molar-refractivity contribution in [1.29, 1.82) is 0 Å². The fourth-order valence-corrected chi connectivity index (χ4v) is 1.93. The van der Waals surface area contributed by atoms with Gasteiger partial charge < -0.3 is 5.32 Å². The van der Waals surface area contributed by atoms with Crippen LogP contribution in [0, 0.1) is 0 Å². The van der Waals surface area contributed by atoms with Crippen LogP contribution in [0.3, 0.4) is 0 Å². The van der Waals surface area contributed by atoms with Gasteiger partial charge >= 0.3 is 12.1 Å². The lowest BCUT2D eigenvalue weighted by Crippen LogP contribution is -2.36. The lowest BCUT2D eigenvalue weighted by Gasteiger charge is -2.06. The SMILES string of the molecule is O=C(NCc1csc(Br)c1)C(F)(F)F. The van der Waals surface area contributed by atoms with Crippen LogP contribution >= 0.6 is 27.3 Å². The van der Waals surface area contributed by atoms with Crippen LogP contribution in [-0.4, -0.2) is 12.1 Å². The van der Waals surface area contributed by atoms with Gasteiger partial charge in [-0.1, -0.05) is 0 Å². The van der Waals surface area contributed by atoms with Crippen molar-refractivity contribution in [2.45, 2.75) is 12.7 Å². The molecule has 2 nitrogen and oxygen atoms in total. The summed E-state index contributed by atoms with van der Waals surface area (Å²) in [7, 11) is 0. The number of amides is 1. The molecule has 1 rings (SSSR count). The molecule has 1 aromatic rings. The van der Waals surface area contributed by atoms with Gasteiger partial charge in [-0.3, -0.25) is 4.79 Å². The highest BCUT2D eigenvalue weighted by atomic mass is 79.9. The molecular formula is C7H5BrF3NOS. The first-order valence-corrected chi connectivity index (χ1v) is 5.15. The van der Waals surface area contributed by atoms with Crippen LogP contribution in [0.5, 0.6) is 0 Å². The Morgan fingerprint density at radius 3 is 2.64 bits per heavy atom. The van der Waals surface area contributed by atoms with Gasteiger partial charge in [0.05, 0.1) is 3.79 Å². The molecule has 1 amide bonds. The maximum Gasteiger partial charge on any atom is 0.471 e. The molecular weight excluding hydrogens is 283 g/mol. The summed E-state index contributed by atoms with van der Waals surface area (Å²) in [5.41, 5.74) is 0.638. The van der Waals surface area contributed by atoms with Gasteiger partial charge in [-0.05, 0) is 32.9 Å². The van der Waals surface area contributed by atoms with E-state index < -0.39 is 12.1 Å². The van der Waals surface area contributed by atoms with Gasteiger partial charge in [0.2, 0.25) is 0 Å². The first-order chi connectivity index (χ1) is 6.39. The first kappa shape index (κ1) is 11.5. The van der Waals surface area contributed by atoms with Gasteiger partial charge in [0.15, 0.2) is 0 Å². The highest BCUT2D eigenvalue weighted by Gasteiger charge is 2.38. The number of carbonyl (C=O) groups is 1. The van der Waals surface area contributed by atoms with Gasteiger partial charge in [-0.25, -0.2) is 0 Å². The molecule has 0 saturated carbocycles. The van der Waals surface area contributed by atoms with E-state index in [0.29, 0.717) is 5.56 Å². The molecule has 1 heterocycles. The molecule has 7 heteroatoms. The minimum absolute atomic E-state index is 0.111. The molecule has 0 unspecified atom stereocenters. The Morgan fingerprint density at radius 1 is 1.57 bits per heavy atom. The van der Waals surface area contributed by atoms with Crippen LogP contribution in [0.15, 0.2) is 15.2 Å². The molecule has 0 aliphatic carbocycles. The van der Waals surface area contributed by atoms with Crippen molar-refractivity contribution in [3.8, 4) is 0 Å². The van der Waals surface area contributed by atoms with E-state index in [0.717, 1.165) is 3.79 Å². The monoisotopic (exact) mass is 287 g/mol. The Bertz CT molecular complexity index is 336. The Balaban J connectivity index is 2.46. The number of hydrogen-bond acceptors (Lipinski definition) is 2. The van der Waals surface area contributed by atoms with E-state index in [1.807, 2.05) is 0 Å². The quantitative estimate of drug-likeness (QED) is 0.890. The van der Waals surface area contributed by atoms with Crippen molar-refractivity contribution >= 4 is 33.2 Å². The van der Waals surface area contributed by atoms with E-state index in [9.17, 15) is 18.0 Å². The maximum absolute atomic E-state index is 11.7. The molecule has 0 saturated heterocycles. The van der Waals surface area contributed by atoms with Crippen LogP contribution in [0.2, 0.25) is 0 Å². The Morgan fingerprint density at radius 2 is 2.21 bits per heavy atom. The van der Waals surface area contributed by atoms with E-state index in [2.05, 4.69) is 15.9 Å². The van der Waals surface area contributed by atoms with Gasteiger partial charge in [0.1, 0.15) is 0 Å². The van der Waals surface area contributed by atoms with Crippen LogP contribution in [0.4, 0.5) is 13.2 Å². The smallest absolute Gasteiger partial charge is 0.344 e. The number of halogens is 4. The molecule has 0 aliphatic rings. The van der Waals surface area contributed by atoms with Crippen molar-refractivity contribution in [1.82, 2.24) is 5.32 Å². The summed E-state index contributed by atoms with van der Waals surface area (Å²) in [5.74, 6) is -1.92. The fourth-order valence-electron chi connectivity index (χ4n) is 0.721. The topological polar surface area (TPSA) is 29.1 Å². The molecule has 1 aromatic heterocycles. The predicted molar refractivity (Wildman–Crippen MR) is 49.9 cm³/mol. The third-order valence-corrected chi connectivity index (χ3v) is 2.89. The Kier molecular flexibility index (Phi) is 3.54. The number of nitrogens with one attached hydrogen (secondary N) is 1. The number of alkyl halides is 3. The summed E-state index contributed by atoms with van der Waals surface area (Å²) in [6.45, 7) is -0.111. The number of thiophene rings is 1. The molecule has 1 N–H and O–H groups in total. The van der Waals surface area contributed by atoms with Crippen LogP contribution < -0.4 is 5.32 Å². The molecule has 14 heavy (non-hydrogen) atoms. The highest BCUT2D eigenvalue weighted by Crippen LogP contribution is 2.21. The molecule has 0 aliphatic heterocycles. The summed E-state index contributed by atoms with van der Waals surface area (Å²) < 4.78 is 36.0. The predicted octanol–water partition coefficient (Wildman–Crippen LogP) is 2.69. The third-order valence-electron chi connectivity index (χ3n) is 1.33. The standard InChI is InChI=1S/C7H5BrF3NOS/c8-5-1-4(3-14-5)2-12-6(13)7(9,10)11/h1,3H,2H2,(H,12,13). The van der Waals surface area contributed by atoms with E-state index in [-0.39, 0.29) is 6.54 Å². The van der Waals surface area contributed by atoms with E-state index in [4.69, 9.17) is 0 Å². The molecule has 0 aromatic carbocycles. The lowest BCUT2D eigenvalue weighted by molar-refractivity contribution is -0.173. The van der Waals surface area contributed by atoms with Crippen LogP contribution in [0.25, 0.3) is 0 Å². The molecule has 0 bridgehead atoms. The van der Waals surface area contributed by atoms with E-state index >= 15 is 0 Å². The first-order valence-electron chi connectivity index (χ1n) is 3.47. The van der Waals surface area contributed by atoms with Crippen molar-refractivity contribution in [2.24, 2.45) is 0 Å². The summed E-state index contributed by atoms with van der Waals surface area (Å²) in [5, 5.41) is 3.44. The Labute approximate surface area is 90.2 Å². The fraction of sp³-hybridized carbons (Fsp3) is 0.286. The van der Waals surface area contributed by atoms with Crippen molar-refractivity contribution in [3.63, 3.8) is 0 Å². The maximum atomic E-state index is 11.7. The molecule has 0 spiro atoms. The zero-order valence-corrected chi connectivity index (χ0v) is 9.09. The number of rotatable bonds is 2. The molecule has 0 atom stereocenters. The largest absolute Gasteiger partial charge is 0.471 e. The van der Waals surface area contributed by atoms with Gasteiger partial charge in [-0.2, -0.15) is 13.2 Å². The van der Waals surface area contributed by atoms with E-state index in [1.54, 1.807) is 16.8 Å². The third kappa shape index (κ3) is 3.30. The van der Waals surface area contributed by atoms with Crippen LogP contribution in [-0.2, 0) is 11.3 Å². The Hall–Kier alpha value is -0.560. The lowest BCUT2D eigenvalue weighted by atomic mass is 10.3. The minimum atomic E-state index is -4.81. The van der Waals surface area contributed by atoms with Gasteiger partial charge in [0.25, 0.3) is 0 Å². The second-order valence-corrected chi connectivity index (χ2v) is 4.73. The average molecular weight is 288 g/mol. The summed E-state index contributed by atoms with van der Waals surface area (Å²) >= 11 is 4.51. The average Bonchev–Trinajstić information content (AvgIpc) is 2.45. The normalized spacial score (nSPS) is 11.4. The summed E-state index contributed by atoms with van der Waals surface area (Å²) in [6, 6.07) is 1.65. The number of carbonyl (C=O) groups excluding carboxylic acids is 1. The zero-order valence-electron chi connectivity index (χ0n) is 6.69. The highest BCUT2D eigenvalue weighted by molar-refractivity contribution is 9.11. The van der Waals surface area contributed by atoms with Gasteiger partial charge in [-0.15, -0.1) is 11.3 Å². The summed E-state index contributed by atoms with van der Waals surface area (Å²) in [4.78, 5) is 10.4. The van der Waals surface area contributed by atoms with Crippen molar-refractivity contribution < 1.29 is 18.0 Å². The number of hydrogen-bond donors (Lipinski definition) is 1. The minimum Gasteiger partial charge on any atom is -0.344 e.